The predicted octanol–water partition coefficient (Wildman–Crippen LogP) is 8.72. The molecule has 0 unspecified atom stereocenters. The minimum Gasteiger partial charge on any atom is -0.456 e. The maximum absolute atomic E-state index is 15.6. The third-order valence-corrected chi connectivity index (χ3v) is 6.96. The summed E-state index contributed by atoms with van der Waals surface area (Å²) >= 11 is 0. The second-order valence-electron chi connectivity index (χ2n) is 9.15. The van der Waals surface area contributed by atoms with E-state index >= 15 is 8.78 Å². The summed E-state index contributed by atoms with van der Waals surface area (Å²) in [6, 6.07) is 32.2. The molecular weight excluding hydrogens is 492 g/mol. The van der Waals surface area contributed by atoms with Crippen molar-refractivity contribution in [3.63, 3.8) is 0 Å². The molecule has 7 aromatic rings. The zero-order valence-electron chi connectivity index (χ0n) is 20.5. The highest BCUT2D eigenvalue weighted by atomic mass is 19.1. The Bertz CT molecular complexity index is 2000. The number of hydrogen-bond donors (Lipinski definition) is 0. The van der Waals surface area contributed by atoms with E-state index in [9.17, 15) is 0 Å². The van der Waals surface area contributed by atoms with Crippen LogP contribution in [0.5, 0.6) is 0 Å². The van der Waals surface area contributed by atoms with Crippen LogP contribution in [0.4, 0.5) is 8.78 Å². The van der Waals surface area contributed by atoms with E-state index < -0.39 is 11.6 Å². The van der Waals surface area contributed by atoms with Gasteiger partial charge in [0.25, 0.3) is 0 Å². The van der Waals surface area contributed by atoms with Gasteiger partial charge in [-0.3, -0.25) is 0 Å². The summed E-state index contributed by atoms with van der Waals surface area (Å²) in [6.45, 7) is 0. The molecule has 6 heteroatoms. The van der Waals surface area contributed by atoms with Gasteiger partial charge in [0.1, 0.15) is 22.8 Å². The van der Waals surface area contributed by atoms with Crippen molar-refractivity contribution in [2.75, 3.05) is 0 Å². The van der Waals surface area contributed by atoms with Crippen LogP contribution in [0, 0.1) is 11.6 Å². The van der Waals surface area contributed by atoms with Gasteiger partial charge >= 0.3 is 0 Å². The van der Waals surface area contributed by atoms with E-state index in [1.165, 1.54) is 12.1 Å². The smallest absolute Gasteiger partial charge is 0.136 e. The molecule has 0 radical (unpaired) electrons. The van der Waals surface area contributed by atoms with Crippen molar-refractivity contribution in [3.05, 3.63) is 127 Å². The van der Waals surface area contributed by atoms with E-state index in [1.807, 2.05) is 54.6 Å². The molecule has 0 N–H and O–H groups in total. The van der Waals surface area contributed by atoms with Crippen LogP contribution in [0.15, 0.2) is 120 Å². The van der Waals surface area contributed by atoms with Crippen molar-refractivity contribution >= 4 is 21.9 Å². The van der Waals surface area contributed by atoms with Gasteiger partial charge in [-0.05, 0) is 52.2 Å². The fourth-order valence-electron chi connectivity index (χ4n) is 5.31. The summed E-state index contributed by atoms with van der Waals surface area (Å²) < 4.78 is 36.9. The highest BCUT2D eigenvalue weighted by Gasteiger charge is 2.25. The lowest BCUT2D eigenvalue weighted by Crippen LogP contribution is -1.99. The molecule has 0 atom stereocenters. The van der Waals surface area contributed by atoms with Crippen LogP contribution in [0.2, 0.25) is 0 Å². The standard InChI is InChI=1S/C33H19F2N3O/c34-26-12-4-1-8-20(26)22-16-17-23(21-11-7-15-30-31(21)25-10-3-6-14-29(25)39-30)33(28-18-19-36-38-37-28)32(22)24-9-2-5-13-27(24)35/h1-19H. The van der Waals surface area contributed by atoms with Gasteiger partial charge in [-0.25, -0.2) is 8.78 Å². The highest BCUT2D eigenvalue weighted by molar-refractivity contribution is 6.15. The van der Waals surface area contributed by atoms with Gasteiger partial charge in [0.2, 0.25) is 0 Å². The Kier molecular flexibility index (Phi) is 5.44. The third kappa shape index (κ3) is 3.77. The molecule has 0 fully saturated rings. The van der Waals surface area contributed by atoms with Gasteiger partial charge in [-0.2, -0.15) is 0 Å². The first-order valence-corrected chi connectivity index (χ1v) is 12.4. The van der Waals surface area contributed by atoms with Gasteiger partial charge in [-0.15, -0.1) is 10.2 Å². The first-order valence-electron chi connectivity index (χ1n) is 12.4. The molecule has 186 valence electrons. The number of fused-ring (bicyclic) bond motifs is 3. The quantitative estimate of drug-likeness (QED) is 0.237. The highest BCUT2D eigenvalue weighted by Crippen LogP contribution is 2.48. The molecule has 7 rings (SSSR count). The van der Waals surface area contributed by atoms with Crippen molar-refractivity contribution in [1.82, 2.24) is 15.4 Å². The molecule has 0 saturated heterocycles. The second kappa shape index (κ2) is 9.26. The van der Waals surface area contributed by atoms with Gasteiger partial charge in [0.15, 0.2) is 0 Å². The van der Waals surface area contributed by atoms with Crippen LogP contribution in [-0.4, -0.2) is 15.4 Å². The monoisotopic (exact) mass is 511 g/mol. The van der Waals surface area contributed by atoms with Crippen LogP contribution < -0.4 is 0 Å². The maximum Gasteiger partial charge on any atom is 0.136 e. The number of benzene rings is 5. The average molecular weight is 512 g/mol. The molecule has 0 aliphatic heterocycles. The zero-order valence-corrected chi connectivity index (χ0v) is 20.5. The van der Waals surface area contributed by atoms with E-state index in [4.69, 9.17) is 4.42 Å². The Balaban J connectivity index is 1.67. The molecule has 0 saturated carbocycles. The zero-order chi connectivity index (χ0) is 26.3. The SMILES string of the molecule is Fc1ccccc1-c1ccc(-c2cccc3oc4ccccc4c23)c(-c2ccnnn2)c1-c1ccccc1F. The van der Waals surface area contributed by atoms with Gasteiger partial charge in [-0.1, -0.05) is 78.9 Å². The van der Waals surface area contributed by atoms with Crippen LogP contribution >= 0.6 is 0 Å². The minimum atomic E-state index is -0.428. The fourth-order valence-corrected chi connectivity index (χ4v) is 5.31. The van der Waals surface area contributed by atoms with Crippen molar-refractivity contribution in [1.29, 1.82) is 0 Å². The van der Waals surface area contributed by atoms with Crippen LogP contribution in [0.25, 0.3) is 66.6 Å². The number of halogens is 2. The molecule has 5 aromatic carbocycles. The first kappa shape index (κ1) is 22.9. The third-order valence-electron chi connectivity index (χ3n) is 6.96. The lowest BCUT2D eigenvalue weighted by Gasteiger charge is -2.20. The number of nitrogens with zero attached hydrogens (tertiary/aromatic N) is 3. The van der Waals surface area contributed by atoms with Crippen molar-refractivity contribution in [2.45, 2.75) is 0 Å². The lowest BCUT2D eigenvalue weighted by molar-refractivity contribution is 0.629. The molecule has 0 amide bonds. The summed E-state index contributed by atoms with van der Waals surface area (Å²) in [6.07, 6.45) is 1.54. The Morgan fingerprint density at radius 1 is 0.513 bits per heavy atom. The summed E-state index contributed by atoms with van der Waals surface area (Å²) in [5.41, 5.74) is 6.01. The lowest BCUT2D eigenvalue weighted by atomic mass is 9.83. The minimum absolute atomic E-state index is 0.329. The fraction of sp³-hybridized carbons (Fsp3) is 0. The molecule has 2 aromatic heterocycles. The maximum atomic E-state index is 15.6. The van der Waals surface area contributed by atoms with Gasteiger partial charge in [0, 0.05) is 33.0 Å². The second-order valence-corrected chi connectivity index (χ2v) is 9.15. The number of aromatic nitrogens is 3. The molecule has 0 aliphatic carbocycles. The Morgan fingerprint density at radius 3 is 1.90 bits per heavy atom. The Morgan fingerprint density at radius 2 is 1.15 bits per heavy atom. The number of hydrogen-bond acceptors (Lipinski definition) is 4. The summed E-state index contributed by atoms with van der Waals surface area (Å²) in [4.78, 5) is 0. The van der Waals surface area contributed by atoms with E-state index in [0.717, 1.165) is 33.1 Å². The Labute approximate surface area is 222 Å². The molecule has 0 bridgehead atoms. The largest absolute Gasteiger partial charge is 0.456 e. The summed E-state index contributed by atoms with van der Waals surface area (Å²) in [5, 5.41) is 14.0. The van der Waals surface area contributed by atoms with E-state index in [-0.39, 0.29) is 0 Å². The van der Waals surface area contributed by atoms with Gasteiger partial charge in [0.05, 0.1) is 11.9 Å². The van der Waals surface area contributed by atoms with E-state index in [0.29, 0.717) is 33.5 Å². The topological polar surface area (TPSA) is 51.8 Å². The normalized spacial score (nSPS) is 11.3. The average Bonchev–Trinajstić information content (AvgIpc) is 3.37. The summed E-state index contributed by atoms with van der Waals surface area (Å²) in [5.74, 6) is -0.833. The molecule has 39 heavy (non-hydrogen) atoms. The number of rotatable bonds is 4. The van der Waals surface area contributed by atoms with Crippen LogP contribution in [0.3, 0.4) is 0 Å². The molecule has 0 aliphatic rings. The molecule has 0 spiro atoms. The molecule has 4 nitrogen and oxygen atoms in total. The van der Waals surface area contributed by atoms with Crippen molar-refractivity contribution < 1.29 is 13.2 Å². The summed E-state index contributed by atoms with van der Waals surface area (Å²) in [7, 11) is 0. The van der Waals surface area contributed by atoms with Crippen LogP contribution in [-0.2, 0) is 0 Å². The Hall–Kier alpha value is -5.23. The van der Waals surface area contributed by atoms with E-state index in [2.05, 4.69) is 15.4 Å². The van der Waals surface area contributed by atoms with Crippen molar-refractivity contribution in [2.24, 2.45) is 0 Å². The number of furan rings is 1. The molecule has 2 heterocycles. The number of para-hydroxylation sites is 1. The first-order chi connectivity index (χ1) is 19.2. The van der Waals surface area contributed by atoms with E-state index in [1.54, 1.807) is 48.7 Å². The van der Waals surface area contributed by atoms with Crippen molar-refractivity contribution in [3.8, 4) is 44.6 Å². The molecular formula is C33H19F2N3O. The van der Waals surface area contributed by atoms with Crippen LogP contribution in [0.1, 0.15) is 0 Å². The van der Waals surface area contributed by atoms with Gasteiger partial charge < -0.3 is 4.42 Å². The predicted molar refractivity (Wildman–Crippen MR) is 149 cm³/mol.